The molecular weight excluding hydrogens is 264 g/mol. The van der Waals surface area contributed by atoms with Crippen LogP contribution in [0.25, 0.3) is 0 Å². The highest BCUT2D eigenvalue weighted by atomic mass is 32.1. The van der Waals surface area contributed by atoms with E-state index in [1.807, 2.05) is 0 Å². The van der Waals surface area contributed by atoms with Crippen LogP contribution in [0, 0.1) is 11.6 Å². The minimum Gasteiger partial charge on any atom is -0.346 e. The van der Waals surface area contributed by atoms with E-state index in [4.69, 9.17) is 12.2 Å². The molecule has 20 heavy (non-hydrogen) atoms. The van der Waals surface area contributed by atoms with Crippen LogP contribution in [0.15, 0.2) is 24.3 Å². The van der Waals surface area contributed by atoms with Gasteiger partial charge in [0.2, 0.25) is 0 Å². The molecule has 3 rings (SSSR count). The topological polar surface area (TPSA) is 28.7 Å². The normalized spacial score (nSPS) is 17.8. The summed E-state index contributed by atoms with van der Waals surface area (Å²) in [5.41, 5.74) is 5.23. The Bertz CT molecular complexity index is 688. The van der Waals surface area contributed by atoms with Gasteiger partial charge >= 0.3 is 0 Å². The first-order valence-corrected chi connectivity index (χ1v) is 7.79. The molecule has 1 N–H and O–H groups in total. The summed E-state index contributed by atoms with van der Waals surface area (Å²) in [4.78, 5) is 8.20. The van der Waals surface area contributed by atoms with Crippen molar-refractivity contribution < 1.29 is 0 Å². The third-order valence-electron chi connectivity index (χ3n) is 4.33. The Kier molecular flexibility index (Phi) is 3.70. The maximum Gasteiger partial charge on any atom is 0.132 e. The fraction of sp³-hybridized carbons (Fsp3) is 0.412. The molecule has 1 heterocycles. The van der Waals surface area contributed by atoms with Crippen LogP contribution in [-0.4, -0.2) is 9.97 Å². The van der Waals surface area contributed by atoms with Gasteiger partial charge in [-0.05, 0) is 43.7 Å². The lowest BCUT2D eigenvalue weighted by Gasteiger charge is -2.25. The highest BCUT2D eigenvalue weighted by Gasteiger charge is 2.23. The van der Waals surface area contributed by atoms with E-state index in [2.05, 4.69) is 48.1 Å². The molecule has 0 fully saturated rings. The van der Waals surface area contributed by atoms with E-state index in [1.165, 1.54) is 29.7 Å². The van der Waals surface area contributed by atoms with Crippen LogP contribution in [0.5, 0.6) is 0 Å². The van der Waals surface area contributed by atoms with Crippen LogP contribution in [0.4, 0.5) is 0 Å². The van der Waals surface area contributed by atoms with Gasteiger partial charge in [-0.25, -0.2) is 4.98 Å². The molecule has 1 unspecified atom stereocenters. The third kappa shape index (κ3) is 2.31. The predicted octanol–water partition coefficient (Wildman–Crippen LogP) is 4.48. The number of aromatic nitrogens is 2. The van der Waals surface area contributed by atoms with Crippen molar-refractivity contribution in [2.24, 2.45) is 0 Å². The molecular formula is C17H20N2S. The van der Waals surface area contributed by atoms with Crippen LogP contribution in [-0.2, 0) is 12.8 Å². The zero-order valence-corrected chi connectivity index (χ0v) is 12.9. The van der Waals surface area contributed by atoms with Crippen LogP contribution in [0.2, 0.25) is 0 Å². The fourth-order valence-corrected chi connectivity index (χ4v) is 3.38. The first-order valence-electron chi connectivity index (χ1n) is 7.38. The van der Waals surface area contributed by atoms with Crippen LogP contribution in [0.3, 0.4) is 0 Å². The van der Waals surface area contributed by atoms with Gasteiger partial charge in [-0.15, -0.1) is 0 Å². The van der Waals surface area contributed by atoms with E-state index in [9.17, 15) is 0 Å². The molecule has 1 aromatic heterocycles. The SMILES string of the molecule is CCc1[nH]c(C2CCCc3ccccc32)nc(=S)c1C. The molecule has 1 aliphatic rings. The van der Waals surface area contributed by atoms with Gasteiger partial charge in [-0.1, -0.05) is 43.4 Å². The lowest BCUT2D eigenvalue weighted by atomic mass is 9.82. The van der Waals surface area contributed by atoms with E-state index in [0.717, 1.165) is 28.9 Å². The zero-order valence-electron chi connectivity index (χ0n) is 12.1. The van der Waals surface area contributed by atoms with Crippen molar-refractivity contribution in [1.82, 2.24) is 9.97 Å². The summed E-state index contributed by atoms with van der Waals surface area (Å²) in [6.07, 6.45) is 4.53. The minimum atomic E-state index is 0.368. The molecule has 0 spiro atoms. The molecule has 0 radical (unpaired) electrons. The number of aryl methyl sites for hydroxylation is 2. The molecule has 0 aliphatic heterocycles. The highest BCUT2D eigenvalue weighted by Crippen LogP contribution is 2.35. The number of aromatic amines is 1. The summed E-state index contributed by atoms with van der Waals surface area (Å²) in [5, 5.41) is 0. The molecule has 1 atom stereocenters. The van der Waals surface area contributed by atoms with Crippen molar-refractivity contribution in [1.29, 1.82) is 0 Å². The first-order chi connectivity index (χ1) is 9.70. The van der Waals surface area contributed by atoms with Gasteiger partial charge in [0.1, 0.15) is 10.5 Å². The molecule has 104 valence electrons. The number of hydrogen-bond donors (Lipinski definition) is 1. The predicted molar refractivity (Wildman–Crippen MR) is 84.8 cm³/mol. The van der Waals surface area contributed by atoms with Crippen molar-refractivity contribution in [2.45, 2.75) is 45.4 Å². The second-order valence-electron chi connectivity index (χ2n) is 5.53. The smallest absolute Gasteiger partial charge is 0.132 e. The van der Waals surface area contributed by atoms with Gasteiger partial charge in [0.25, 0.3) is 0 Å². The summed E-state index contributed by atoms with van der Waals surface area (Å²) in [5.74, 6) is 1.41. The fourth-order valence-electron chi connectivity index (χ4n) is 3.16. The Morgan fingerprint density at radius 2 is 2.15 bits per heavy atom. The van der Waals surface area contributed by atoms with Gasteiger partial charge in [0, 0.05) is 17.2 Å². The van der Waals surface area contributed by atoms with E-state index in [0.29, 0.717) is 5.92 Å². The van der Waals surface area contributed by atoms with Gasteiger partial charge < -0.3 is 4.98 Å². The van der Waals surface area contributed by atoms with Gasteiger partial charge in [0.15, 0.2) is 0 Å². The van der Waals surface area contributed by atoms with E-state index in [1.54, 1.807) is 0 Å². The van der Waals surface area contributed by atoms with Crippen LogP contribution >= 0.6 is 12.2 Å². The Hall–Kier alpha value is -1.48. The number of benzene rings is 1. The molecule has 2 nitrogen and oxygen atoms in total. The average molecular weight is 284 g/mol. The number of rotatable bonds is 2. The maximum atomic E-state index is 5.43. The highest BCUT2D eigenvalue weighted by molar-refractivity contribution is 7.71. The minimum absolute atomic E-state index is 0.368. The molecule has 1 aliphatic carbocycles. The molecule has 0 saturated heterocycles. The molecule has 3 heteroatoms. The van der Waals surface area contributed by atoms with Crippen LogP contribution < -0.4 is 0 Å². The maximum absolute atomic E-state index is 5.43. The summed E-state index contributed by atoms with van der Waals surface area (Å²) in [7, 11) is 0. The lowest BCUT2D eigenvalue weighted by Crippen LogP contribution is -2.15. The second kappa shape index (κ2) is 5.49. The summed E-state index contributed by atoms with van der Waals surface area (Å²) < 4.78 is 0.749. The number of H-pyrrole nitrogens is 1. The first kappa shape index (κ1) is 13.5. The lowest BCUT2D eigenvalue weighted by molar-refractivity contribution is 0.586. The van der Waals surface area contributed by atoms with Crippen molar-refractivity contribution in [2.75, 3.05) is 0 Å². The second-order valence-corrected chi connectivity index (χ2v) is 5.91. The van der Waals surface area contributed by atoms with Gasteiger partial charge in [-0.3, -0.25) is 0 Å². The summed E-state index contributed by atoms with van der Waals surface area (Å²) in [6.45, 7) is 4.22. The van der Waals surface area contributed by atoms with Crippen molar-refractivity contribution in [3.63, 3.8) is 0 Å². The monoisotopic (exact) mass is 284 g/mol. The van der Waals surface area contributed by atoms with Gasteiger partial charge in [0.05, 0.1) is 0 Å². The molecule has 0 saturated carbocycles. The Balaban J connectivity index is 2.11. The van der Waals surface area contributed by atoms with Crippen molar-refractivity contribution in [3.8, 4) is 0 Å². The molecule has 2 aromatic rings. The quantitative estimate of drug-likeness (QED) is 0.824. The molecule has 1 aromatic carbocycles. The Morgan fingerprint density at radius 1 is 1.35 bits per heavy atom. The zero-order chi connectivity index (χ0) is 14.1. The van der Waals surface area contributed by atoms with Crippen LogP contribution in [0.1, 0.15) is 53.9 Å². The standard InChI is InChI=1S/C17H20N2S/c1-3-15-11(2)17(20)19-16(18-15)14-10-6-8-12-7-4-5-9-13(12)14/h4-5,7,9,14H,3,6,8,10H2,1-2H3,(H,18,19,20). The van der Waals surface area contributed by atoms with Crippen molar-refractivity contribution in [3.05, 3.63) is 57.1 Å². The number of fused-ring (bicyclic) bond motifs is 1. The van der Waals surface area contributed by atoms with Crippen molar-refractivity contribution >= 4 is 12.2 Å². The largest absolute Gasteiger partial charge is 0.346 e. The number of hydrogen-bond acceptors (Lipinski definition) is 2. The van der Waals surface area contributed by atoms with E-state index >= 15 is 0 Å². The number of nitrogens with one attached hydrogen (secondary N) is 1. The number of nitrogens with zero attached hydrogens (tertiary/aromatic N) is 1. The molecule has 0 bridgehead atoms. The average Bonchev–Trinajstić information content (AvgIpc) is 2.49. The Labute approximate surface area is 125 Å². The summed E-state index contributed by atoms with van der Waals surface area (Å²) >= 11 is 5.43. The van der Waals surface area contributed by atoms with E-state index in [-0.39, 0.29) is 0 Å². The van der Waals surface area contributed by atoms with Gasteiger partial charge in [-0.2, -0.15) is 0 Å². The third-order valence-corrected chi connectivity index (χ3v) is 4.72. The molecule has 0 amide bonds. The summed E-state index contributed by atoms with van der Waals surface area (Å²) in [6, 6.07) is 8.73. The Morgan fingerprint density at radius 3 is 2.95 bits per heavy atom. The van der Waals surface area contributed by atoms with E-state index < -0.39 is 0 Å².